The number of hydrogen-bond acceptors (Lipinski definition) is 6. The summed E-state index contributed by atoms with van der Waals surface area (Å²) in [7, 11) is 0. The molecule has 2 aromatic carbocycles. The molecule has 1 amide bonds. The van der Waals surface area contributed by atoms with Crippen LogP contribution in [0.4, 0.5) is 5.82 Å². The first kappa shape index (κ1) is 20.6. The first-order valence-corrected chi connectivity index (χ1v) is 10.2. The number of benzene rings is 2. The zero-order valence-corrected chi connectivity index (χ0v) is 17.4. The molecule has 4 rings (SSSR count). The molecule has 1 atom stereocenters. The highest BCUT2D eigenvalue weighted by molar-refractivity contribution is 6.30. The number of hydrogen-bond donors (Lipinski definition) is 2. The predicted molar refractivity (Wildman–Crippen MR) is 118 cm³/mol. The van der Waals surface area contributed by atoms with Crippen LogP contribution in [0.2, 0.25) is 5.02 Å². The monoisotopic (exact) mass is 436 g/mol. The maximum Gasteiger partial charge on any atom is 0.254 e. The third-order valence-electron chi connectivity index (χ3n) is 5.24. The van der Waals surface area contributed by atoms with E-state index in [2.05, 4.69) is 11.3 Å². The summed E-state index contributed by atoms with van der Waals surface area (Å²) >= 11 is 6.00. The van der Waals surface area contributed by atoms with Gasteiger partial charge in [0.25, 0.3) is 5.91 Å². The number of nitrogens with zero attached hydrogens (tertiary/aromatic N) is 4. The van der Waals surface area contributed by atoms with Gasteiger partial charge in [0.2, 0.25) is 0 Å². The number of primary amides is 1. The number of rotatable bonds is 5. The van der Waals surface area contributed by atoms with Crippen LogP contribution in [0, 0.1) is 11.5 Å². The first-order chi connectivity index (χ1) is 15.0. The highest BCUT2D eigenvalue weighted by Gasteiger charge is 2.28. The van der Waals surface area contributed by atoms with Crippen LogP contribution in [0.15, 0.2) is 48.5 Å². The fraction of sp³-hybridized carbons (Fsp3) is 0.227. The molecule has 1 aromatic heterocycles. The third-order valence-corrected chi connectivity index (χ3v) is 5.47. The zero-order valence-electron chi connectivity index (χ0n) is 16.7. The van der Waals surface area contributed by atoms with Gasteiger partial charge in [-0.3, -0.25) is 4.79 Å². The summed E-state index contributed by atoms with van der Waals surface area (Å²) in [6, 6.07) is 14.1. The molecule has 0 spiro atoms. The molecule has 1 fully saturated rings. The van der Waals surface area contributed by atoms with Crippen LogP contribution in [0.1, 0.15) is 29.2 Å². The average molecular weight is 437 g/mol. The molecular formula is C22H21ClN6O2. The van der Waals surface area contributed by atoms with E-state index in [4.69, 9.17) is 27.8 Å². The van der Waals surface area contributed by atoms with E-state index in [0.29, 0.717) is 40.9 Å². The summed E-state index contributed by atoms with van der Waals surface area (Å²) < 4.78 is 7.43. The molecule has 1 aliphatic heterocycles. The number of nitrogens with two attached hydrogens (primary N) is 2. The average Bonchev–Trinajstić information content (AvgIpc) is 3.12. The van der Waals surface area contributed by atoms with E-state index in [1.165, 1.54) is 0 Å². The van der Waals surface area contributed by atoms with Crippen molar-refractivity contribution in [3.8, 4) is 28.9 Å². The molecule has 3 aromatic rings. The number of piperidine rings is 1. The fourth-order valence-electron chi connectivity index (χ4n) is 3.76. The van der Waals surface area contributed by atoms with Crippen molar-refractivity contribution in [3.63, 3.8) is 0 Å². The van der Waals surface area contributed by atoms with Gasteiger partial charge in [-0.15, -0.1) is 0 Å². The Kier molecular flexibility index (Phi) is 5.69. The van der Waals surface area contributed by atoms with Gasteiger partial charge < -0.3 is 21.1 Å². The SMILES string of the molecule is N#CN1CCCC(n2nc(-c3ccc(Oc4cccc(Cl)c4)cc3)c(C(N)=O)c2N)C1. The molecule has 0 radical (unpaired) electrons. The van der Waals surface area contributed by atoms with E-state index in [9.17, 15) is 10.1 Å². The minimum atomic E-state index is -0.647. The van der Waals surface area contributed by atoms with Crippen molar-refractivity contribution in [2.24, 2.45) is 5.73 Å². The van der Waals surface area contributed by atoms with Crippen molar-refractivity contribution >= 4 is 23.3 Å². The first-order valence-electron chi connectivity index (χ1n) is 9.82. The fourth-order valence-corrected chi connectivity index (χ4v) is 3.94. The Hall–Kier alpha value is -3.70. The molecule has 8 nitrogen and oxygen atoms in total. The number of halogens is 1. The predicted octanol–water partition coefficient (Wildman–Crippen LogP) is 3.79. The smallest absolute Gasteiger partial charge is 0.254 e. The molecule has 1 aliphatic rings. The summed E-state index contributed by atoms with van der Waals surface area (Å²) in [5.41, 5.74) is 13.2. The molecule has 0 saturated carbocycles. The van der Waals surface area contributed by atoms with E-state index < -0.39 is 5.91 Å². The topological polar surface area (TPSA) is 123 Å². The van der Waals surface area contributed by atoms with Gasteiger partial charge in [0.15, 0.2) is 6.19 Å². The minimum Gasteiger partial charge on any atom is -0.457 e. The van der Waals surface area contributed by atoms with Crippen LogP contribution in [0.3, 0.4) is 0 Å². The standard InChI is InChI=1S/C22H21ClN6O2/c23-15-3-1-5-18(11-15)31-17-8-6-14(7-9-17)20-19(22(26)30)21(25)29(27-20)16-4-2-10-28(12-16)13-24/h1,3,5-9,11,16H,2,4,10,12,25H2,(H2,26,30). The Bertz CT molecular complexity index is 1150. The van der Waals surface area contributed by atoms with Crippen LogP contribution < -0.4 is 16.2 Å². The molecule has 31 heavy (non-hydrogen) atoms. The van der Waals surface area contributed by atoms with Crippen molar-refractivity contribution in [2.75, 3.05) is 18.8 Å². The molecule has 9 heteroatoms. The molecular weight excluding hydrogens is 416 g/mol. The van der Waals surface area contributed by atoms with Gasteiger partial charge in [0, 0.05) is 17.1 Å². The number of amides is 1. The van der Waals surface area contributed by atoms with Crippen LogP contribution in [0.25, 0.3) is 11.3 Å². The lowest BCUT2D eigenvalue weighted by Gasteiger charge is -2.29. The van der Waals surface area contributed by atoms with E-state index in [1.807, 2.05) is 6.07 Å². The van der Waals surface area contributed by atoms with Crippen molar-refractivity contribution in [1.29, 1.82) is 5.26 Å². The summed E-state index contributed by atoms with van der Waals surface area (Å²) in [5, 5.41) is 14.4. The van der Waals surface area contributed by atoms with Crippen LogP contribution in [-0.2, 0) is 0 Å². The van der Waals surface area contributed by atoms with Crippen LogP contribution >= 0.6 is 11.6 Å². The number of carbonyl (C=O) groups excluding carboxylic acids is 1. The maximum atomic E-state index is 12.2. The lowest BCUT2D eigenvalue weighted by atomic mass is 10.1. The molecule has 0 bridgehead atoms. The van der Waals surface area contributed by atoms with Crippen LogP contribution in [-0.4, -0.2) is 33.7 Å². The highest BCUT2D eigenvalue weighted by atomic mass is 35.5. The second kappa shape index (κ2) is 8.58. The Balaban J connectivity index is 1.64. The molecule has 1 saturated heterocycles. The van der Waals surface area contributed by atoms with E-state index >= 15 is 0 Å². The van der Waals surface area contributed by atoms with Gasteiger partial charge in [-0.2, -0.15) is 10.4 Å². The lowest BCUT2D eigenvalue weighted by molar-refractivity contribution is 0.100. The van der Waals surface area contributed by atoms with E-state index in [-0.39, 0.29) is 17.4 Å². The van der Waals surface area contributed by atoms with Crippen LogP contribution in [0.5, 0.6) is 11.5 Å². The molecule has 158 valence electrons. The number of nitriles is 1. The molecule has 0 aliphatic carbocycles. The van der Waals surface area contributed by atoms with Crippen molar-refractivity contribution in [2.45, 2.75) is 18.9 Å². The highest BCUT2D eigenvalue weighted by Crippen LogP contribution is 2.33. The summed E-state index contributed by atoms with van der Waals surface area (Å²) in [4.78, 5) is 13.8. The molecule has 2 heterocycles. The normalized spacial score (nSPS) is 16.0. The van der Waals surface area contributed by atoms with E-state index in [1.54, 1.807) is 52.0 Å². The summed E-state index contributed by atoms with van der Waals surface area (Å²) in [5.74, 6) is 0.791. The van der Waals surface area contributed by atoms with Gasteiger partial charge in [-0.1, -0.05) is 17.7 Å². The van der Waals surface area contributed by atoms with Gasteiger partial charge >= 0.3 is 0 Å². The minimum absolute atomic E-state index is 0.106. The van der Waals surface area contributed by atoms with Gasteiger partial charge in [0.1, 0.15) is 28.6 Å². The quantitative estimate of drug-likeness (QED) is 0.586. The van der Waals surface area contributed by atoms with Gasteiger partial charge in [0.05, 0.1) is 12.6 Å². The van der Waals surface area contributed by atoms with Crippen molar-refractivity contribution in [3.05, 3.63) is 59.1 Å². The third kappa shape index (κ3) is 4.27. The maximum absolute atomic E-state index is 12.2. The number of carbonyl (C=O) groups is 1. The van der Waals surface area contributed by atoms with Gasteiger partial charge in [-0.25, -0.2) is 4.68 Å². The summed E-state index contributed by atoms with van der Waals surface area (Å²) in [6.45, 7) is 1.20. The van der Waals surface area contributed by atoms with Gasteiger partial charge in [-0.05, 0) is 55.3 Å². The Labute approximate surface area is 184 Å². The number of nitrogen functional groups attached to an aromatic ring is 1. The van der Waals surface area contributed by atoms with E-state index in [0.717, 1.165) is 12.8 Å². The Morgan fingerprint density at radius 1 is 1.23 bits per heavy atom. The largest absolute Gasteiger partial charge is 0.457 e. The molecule has 4 N–H and O–H groups in total. The van der Waals surface area contributed by atoms with Crippen molar-refractivity contribution in [1.82, 2.24) is 14.7 Å². The second-order valence-corrected chi connectivity index (χ2v) is 7.78. The zero-order chi connectivity index (χ0) is 22.0. The Morgan fingerprint density at radius 3 is 2.68 bits per heavy atom. The van der Waals surface area contributed by atoms with Crippen molar-refractivity contribution < 1.29 is 9.53 Å². The number of aromatic nitrogens is 2. The lowest BCUT2D eigenvalue weighted by Crippen LogP contribution is -2.34. The number of ether oxygens (including phenoxy) is 1. The number of likely N-dealkylation sites (tertiary alicyclic amines) is 1. The second-order valence-electron chi connectivity index (χ2n) is 7.34. The number of anilines is 1. The molecule has 1 unspecified atom stereocenters. The Morgan fingerprint density at radius 2 is 2.00 bits per heavy atom. The summed E-state index contributed by atoms with van der Waals surface area (Å²) in [6.07, 6.45) is 3.82.